The minimum Gasteiger partial charge on any atom is -0.385 e. The molecule has 0 spiro atoms. The molecule has 8 nitrogen and oxygen atoms in total. The molecular weight excluding hydrogens is 372 g/mol. The summed E-state index contributed by atoms with van der Waals surface area (Å²) in [7, 11) is 1.55. The summed E-state index contributed by atoms with van der Waals surface area (Å²) in [6, 6.07) is 9.24. The van der Waals surface area contributed by atoms with Crippen molar-refractivity contribution in [3.05, 3.63) is 81.0 Å². The van der Waals surface area contributed by atoms with Gasteiger partial charge in [-0.2, -0.15) is 0 Å². The average Bonchev–Trinajstić information content (AvgIpc) is 2.71. The van der Waals surface area contributed by atoms with Crippen molar-refractivity contribution in [1.82, 2.24) is 9.55 Å². The number of H-pyrrole nitrogens is 1. The van der Waals surface area contributed by atoms with Crippen LogP contribution in [-0.2, 0) is 16.1 Å². The second-order valence-corrected chi connectivity index (χ2v) is 6.29. The predicted molar refractivity (Wildman–Crippen MR) is 114 cm³/mol. The van der Waals surface area contributed by atoms with Gasteiger partial charge in [0, 0.05) is 26.3 Å². The second-order valence-electron chi connectivity index (χ2n) is 6.29. The zero-order valence-electron chi connectivity index (χ0n) is 16.6. The van der Waals surface area contributed by atoms with Crippen molar-refractivity contribution >= 4 is 17.4 Å². The first-order chi connectivity index (χ1) is 14.0. The first-order valence-electron chi connectivity index (χ1n) is 9.26. The first-order valence-corrected chi connectivity index (χ1v) is 9.26. The molecule has 1 amide bonds. The van der Waals surface area contributed by atoms with E-state index in [1.54, 1.807) is 25.3 Å². The summed E-state index contributed by atoms with van der Waals surface area (Å²) in [4.78, 5) is 41.2. The Morgan fingerprint density at radius 1 is 1.24 bits per heavy atom. The molecule has 1 heterocycles. The number of carbonyl (C=O) groups is 1. The highest BCUT2D eigenvalue weighted by atomic mass is 16.5. The average molecular weight is 398 g/mol. The highest BCUT2D eigenvalue weighted by Crippen LogP contribution is 2.18. The number of ether oxygens (including phenoxy) is 1. The van der Waals surface area contributed by atoms with Gasteiger partial charge >= 0.3 is 5.69 Å². The molecule has 0 unspecified atom stereocenters. The molecule has 29 heavy (non-hydrogen) atoms. The molecule has 0 fully saturated rings. The van der Waals surface area contributed by atoms with Crippen LogP contribution in [0.1, 0.15) is 18.9 Å². The maximum atomic E-state index is 12.7. The predicted octanol–water partition coefficient (Wildman–Crippen LogP) is 1.67. The summed E-state index contributed by atoms with van der Waals surface area (Å²) < 4.78 is 6.30. The van der Waals surface area contributed by atoms with Crippen molar-refractivity contribution in [2.45, 2.75) is 19.9 Å². The van der Waals surface area contributed by atoms with Crippen LogP contribution in [0.2, 0.25) is 0 Å². The Hall–Kier alpha value is -3.39. The van der Waals surface area contributed by atoms with Crippen LogP contribution in [-0.4, -0.2) is 35.7 Å². The monoisotopic (exact) mass is 398 g/mol. The van der Waals surface area contributed by atoms with Gasteiger partial charge in [0.2, 0.25) is 0 Å². The van der Waals surface area contributed by atoms with E-state index >= 15 is 0 Å². The Morgan fingerprint density at radius 2 is 1.97 bits per heavy atom. The standard InChI is InChI=1S/C21H26N4O4/c1-3-4-6-12-17(26)24(13-9-14-29-2)18-19(22)25(21(28)23-20(18)27)15-16-10-7-5-8-11-16/h3-8,10-12H,9,13-15,22H2,1-2H3,(H,23,27,28)/b4-3+,12-6+. The fourth-order valence-corrected chi connectivity index (χ4v) is 2.80. The Balaban J connectivity index is 2.50. The molecule has 2 aromatic rings. The molecule has 0 aliphatic rings. The van der Waals surface area contributed by atoms with Crippen LogP contribution in [0.25, 0.3) is 0 Å². The van der Waals surface area contributed by atoms with Crippen molar-refractivity contribution in [3.8, 4) is 0 Å². The van der Waals surface area contributed by atoms with Crippen molar-refractivity contribution in [2.75, 3.05) is 30.9 Å². The summed E-state index contributed by atoms with van der Waals surface area (Å²) in [5.74, 6) is -0.478. The Morgan fingerprint density at radius 3 is 2.62 bits per heavy atom. The van der Waals surface area contributed by atoms with E-state index in [2.05, 4.69) is 4.98 Å². The van der Waals surface area contributed by atoms with Gasteiger partial charge in [-0.15, -0.1) is 0 Å². The normalized spacial score (nSPS) is 11.4. The third-order valence-corrected chi connectivity index (χ3v) is 4.21. The highest BCUT2D eigenvalue weighted by molar-refractivity contribution is 6.03. The molecule has 0 saturated carbocycles. The van der Waals surface area contributed by atoms with Gasteiger partial charge in [0.25, 0.3) is 11.5 Å². The molecule has 0 bridgehead atoms. The topological polar surface area (TPSA) is 110 Å². The van der Waals surface area contributed by atoms with Gasteiger partial charge < -0.3 is 15.4 Å². The van der Waals surface area contributed by atoms with Gasteiger partial charge in [0.05, 0.1) is 6.54 Å². The number of methoxy groups -OCH3 is 1. The summed E-state index contributed by atoms with van der Waals surface area (Å²) in [5.41, 5.74) is 5.66. The number of benzene rings is 1. The van der Waals surface area contributed by atoms with E-state index in [-0.39, 0.29) is 24.6 Å². The zero-order valence-corrected chi connectivity index (χ0v) is 16.6. The van der Waals surface area contributed by atoms with Gasteiger partial charge in [0.1, 0.15) is 5.82 Å². The van der Waals surface area contributed by atoms with Gasteiger partial charge in [-0.1, -0.05) is 48.6 Å². The van der Waals surface area contributed by atoms with Crippen LogP contribution in [0.4, 0.5) is 11.5 Å². The van der Waals surface area contributed by atoms with Crippen molar-refractivity contribution in [3.63, 3.8) is 0 Å². The zero-order chi connectivity index (χ0) is 21.2. The first kappa shape index (κ1) is 21.9. The van der Waals surface area contributed by atoms with E-state index in [1.165, 1.54) is 15.5 Å². The third kappa shape index (κ3) is 5.79. The quantitative estimate of drug-likeness (QED) is 0.379. The number of nitrogen functional groups attached to an aromatic ring is 1. The molecule has 0 aliphatic heterocycles. The number of allylic oxidation sites excluding steroid dienone is 3. The van der Waals surface area contributed by atoms with E-state index in [4.69, 9.17) is 10.5 Å². The molecule has 3 N–H and O–H groups in total. The minimum absolute atomic E-state index is 0.0493. The van der Waals surface area contributed by atoms with E-state index in [1.807, 2.05) is 37.3 Å². The van der Waals surface area contributed by atoms with Crippen LogP contribution in [0.15, 0.2) is 64.2 Å². The van der Waals surface area contributed by atoms with Crippen molar-refractivity contribution in [1.29, 1.82) is 0 Å². The number of amides is 1. The number of rotatable bonds is 9. The van der Waals surface area contributed by atoms with E-state index in [0.717, 1.165) is 5.56 Å². The SMILES string of the molecule is C/C=C/C=C/C(=O)N(CCCOC)c1c(N)n(Cc2ccccc2)c(=O)[nH]c1=O. The molecular formula is C21H26N4O4. The third-order valence-electron chi connectivity index (χ3n) is 4.21. The molecule has 154 valence electrons. The highest BCUT2D eigenvalue weighted by Gasteiger charge is 2.22. The smallest absolute Gasteiger partial charge is 0.330 e. The summed E-state index contributed by atoms with van der Waals surface area (Å²) >= 11 is 0. The molecule has 0 radical (unpaired) electrons. The van der Waals surface area contributed by atoms with Crippen molar-refractivity contribution < 1.29 is 9.53 Å². The Kier molecular flexibility index (Phi) is 8.17. The number of nitrogens with two attached hydrogens (primary N) is 1. The fourth-order valence-electron chi connectivity index (χ4n) is 2.80. The number of anilines is 2. The van der Waals surface area contributed by atoms with Crippen LogP contribution in [0.5, 0.6) is 0 Å². The van der Waals surface area contributed by atoms with E-state index in [0.29, 0.717) is 13.0 Å². The number of hydrogen-bond donors (Lipinski definition) is 2. The maximum absolute atomic E-state index is 12.7. The summed E-state index contributed by atoms with van der Waals surface area (Å²) in [6.07, 6.45) is 6.90. The minimum atomic E-state index is -0.706. The number of nitrogens with one attached hydrogen (secondary N) is 1. The van der Waals surface area contributed by atoms with Gasteiger partial charge in [-0.05, 0) is 18.9 Å². The number of hydrogen-bond acceptors (Lipinski definition) is 5. The lowest BCUT2D eigenvalue weighted by Crippen LogP contribution is -2.41. The molecule has 1 aromatic carbocycles. The molecule has 1 aromatic heterocycles. The van der Waals surface area contributed by atoms with Crippen LogP contribution in [0, 0.1) is 0 Å². The maximum Gasteiger partial charge on any atom is 0.330 e. The number of aromatic amines is 1. The lowest BCUT2D eigenvalue weighted by Gasteiger charge is -2.23. The molecule has 0 atom stereocenters. The van der Waals surface area contributed by atoms with E-state index < -0.39 is 17.2 Å². The van der Waals surface area contributed by atoms with E-state index in [9.17, 15) is 14.4 Å². The molecule has 2 rings (SSSR count). The molecule has 0 saturated heterocycles. The number of nitrogens with zero attached hydrogens (tertiary/aromatic N) is 2. The second kappa shape index (κ2) is 10.8. The van der Waals surface area contributed by atoms with Crippen molar-refractivity contribution in [2.24, 2.45) is 0 Å². The van der Waals surface area contributed by atoms with Crippen LogP contribution in [0.3, 0.4) is 0 Å². The lowest BCUT2D eigenvalue weighted by molar-refractivity contribution is -0.114. The Bertz CT molecular complexity index is 990. The summed E-state index contributed by atoms with van der Waals surface area (Å²) in [6.45, 7) is 2.62. The largest absolute Gasteiger partial charge is 0.385 e. The summed E-state index contributed by atoms with van der Waals surface area (Å²) in [5, 5.41) is 0. The lowest BCUT2D eigenvalue weighted by atomic mass is 10.2. The number of carbonyl (C=O) groups excluding carboxylic acids is 1. The number of aromatic nitrogens is 2. The van der Waals surface area contributed by atoms with Crippen LogP contribution >= 0.6 is 0 Å². The van der Waals surface area contributed by atoms with Gasteiger partial charge in [-0.25, -0.2) is 4.79 Å². The molecule has 0 aliphatic carbocycles. The van der Waals surface area contributed by atoms with Crippen LogP contribution < -0.4 is 21.9 Å². The fraction of sp³-hybridized carbons (Fsp3) is 0.286. The van der Waals surface area contributed by atoms with Gasteiger partial charge in [0.15, 0.2) is 5.69 Å². The molecule has 8 heteroatoms. The van der Waals surface area contributed by atoms with Gasteiger partial charge in [-0.3, -0.25) is 19.1 Å². The Labute approximate surface area is 168 Å².